The van der Waals surface area contributed by atoms with E-state index in [9.17, 15) is 4.79 Å². The van der Waals surface area contributed by atoms with Gasteiger partial charge in [0.25, 0.3) is 0 Å². The standard InChI is InChI=1S/C15H26N2O2/c18-15(9-12-4-7-19-8-5-12)17(14-1-2-14)11-13-3-6-16-10-13/h12-14,16H,1-11H2. The van der Waals surface area contributed by atoms with Crippen LogP contribution in [0, 0.1) is 11.8 Å². The minimum atomic E-state index is 0.404. The highest BCUT2D eigenvalue weighted by Gasteiger charge is 2.35. The van der Waals surface area contributed by atoms with Gasteiger partial charge in [0.1, 0.15) is 0 Å². The summed E-state index contributed by atoms with van der Waals surface area (Å²) in [5.74, 6) is 1.64. The third kappa shape index (κ3) is 3.69. The van der Waals surface area contributed by atoms with E-state index in [1.807, 2.05) is 0 Å². The van der Waals surface area contributed by atoms with Gasteiger partial charge in [-0.2, -0.15) is 0 Å². The molecule has 0 spiro atoms. The number of carbonyl (C=O) groups excluding carboxylic acids is 1. The number of rotatable bonds is 5. The molecule has 3 rings (SSSR count). The predicted molar refractivity (Wildman–Crippen MR) is 73.9 cm³/mol. The Morgan fingerprint density at radius 1 is 1.11 bits per heavy atom. The van der Waals surface area contributed by atoms with Crippen molar-refractivity contribution in [2.24, 2.45) is 11.8 Å². The monoisotopic (exact) mass is 266 g/mol. The molecule has 0 aromatic rings. The zero-order valence-corrected chi connectivity index (χ0v) is 11.8. The highest BCUT2D eigenvalue weighted by Crippen LogP contribution is 2.30. The molecule has 2 aliphatic heterocycles. The van der Waals surface area contributed by atoms with E-state index >= 15 is 0 Å². The van der Waals surface area contributed by atoms with Gasteiger partial charge in [-0.15, -0.1) is 0 Å². The van der Waals surface area contributed by atoms with Gasteiger partial charge in [-0.25, -0.2) is 0 Å². The maximum Gasteiger partial charge on any atom is 0.223 e. The smallest absolute Gasteiger partial charge is 0.223 e. The largest absolute Gasteiger partial charge is 0.381 e. The van der Waals surface area contributed by atoms with E-state index in [1.54, 1.807) is 0 Å². The summed E-state index contributed by atoms with van der Waals surface area (Å²) in [6.07, 6.45) is 6.55. The fourth-order valence-electron chi connectivity index (χ4n) is 3.30. The normalized spacial score (nSPS) is 28.5. The summed E-state index contributed by atoms with van der Waals surface area (Å²) < 4.78 is 5.38. The lowest BCUT2D eigenvalue weighted by Crippen LogP contribution is -2.39. The molecule has 19 heavy (non-hydrogen) atoms. The Bertz CT molecular complexity index is 305. The zero-order chi connectivity index (χ0) is 13.1. The molecular weight excluding hydrogens is 240 g/mol. The van der Waals surface area contributed by atoms with Crippen molar-refractivity contribution in [1.29, 1.82) is 0 Å². The van der Waals surface area contributed by atoms with Crippen LogP contribution in [-0.4, -0.2) is 49.7 Å². The summed E-state index contributed by atoms with van der Waals surface area (Å²) in [5, 5.41) is 3.40. The number of amides is 1. The molecule has 1 atom stereocenters. The van der Waals surface area contributed by atoms with Crippen LogP contribution in [0.25, 0.3) is 0 Å². The summed E-state index contributed by atoms with van der Waals surface area (Å²) >= 11 is 0. The number of nitrogens with one attached hydrogen (secondary N) is 1. The van der Waals surface area contributed by atoms with Gasteiger partial charge in [-0.05, 0) is 57.0 Å². The molecule has 1 unspecified atom stereocenters. The summed E-state index contributed by atoms with van der Waals surface area (Å²) in [7, 11) is 0. The van der Waals surface area contributed by atoms with Crippen LogP contribution in [0.5, 0.6) is 0 Å². The van der Waals surface area contributed by atoms with E-state index in [-0.39, 0.29) is 0 Å². The number of hydrogen-bond donors (Lipinski definition) is 1. The second kappa shape index (κ2) is 6.23. The van der Waals surface area contributed by atoms with E-state index in [1.165, 1.54) is 19.3 Å². The molecule has 2 saturated heterocycles. The van der Waals surface area contributed by atoms with Crippen LogP contribution in [-0.2, 0) is 9.53 Å². The lowest BCUT2D eigenvalue weighted by molar-refractivity contribution is -0.134. The number of hydrogen-bond acceptors (Lipinski definition) is 3. The molecule has 1 N–H and O–H groups in total. The van der Waals surface area contributed by atoms with Crippen LogP contribution >= 0.6 is 0 Å². The predicted octanol–water partition coefficient (Wildman–Crippen LogP) is 1.40. The van der Waals surface area contributed by atoms with Gasteiger partial charge >= 0.3 is 0 Å². The molecular formula is C15H26N2O2. The number of ether oxygens (including phenoxy) is 1. The third-order valence-electron chi connectivity index (χ3n) is 4.73. The minimum Gasteiger partial charge on any atom is -0.381 e. The fourth-order valence-corrected chi connectivity index (χ4v) is 3.30. The highest BCUT2D eigenvalue weighted by molar-refractivity contribution is 5.77. The first-order chi connectivity index (χ1) is 9.33. The van der Waals surface area contributed by atoms with Gasteiger partial charge in [0.05, 0.1) is 0 Å². The first-order valence-electron chi connectivity index (χ1n) is 7.91. The van der Waals surface area contributed by atoms with Crippen molar-refractivity contribution in [2.75, 3.05) is 32.8 Å². The molecule has 1 aliphatic carbocycles. The Kier molecular flexibility index (Phi) is 4.38. The molecule has 4 heteroatoms. The quantitative estimate of drug-likeness (QED) is 0.818. The molecule has 3 fully saturated rings. The third-order valence-corrected chi connectivity index (χ3v) is 4.73. The highest BCUT2D eigenvalue weighted by atomic mass is 16.5. The maximum atomic E-state index is 12.5. The van der Waals surface area contributed by atoms with Crippen molar-refractivity contribution >= 4 is 5.91 Å². The van der Waals surface area contributed by atoms with E-state index < -0.39 is 0 Å². The van der Waals surface area contributed by atoms with Crippen LogP contribution in [0.2, 0.25) is 0 Å². The molecule has 0 aromatic carbocycles. The van der Waals surface area contributed by atoms with E-state index in [2.05, 4.69) is 10.2 Å². The van der Waals surface area contributed by atoms with Crippen LogP contribution in [0.1, 0.15) is 38.5 Å². The molecule has 1 saturated carbocycles. The Morgan fingerprint density at radius 3 is 2.53 bits per heavy atom. The van der Waals surface area contributed by atoms with Crippen molar-refractivity contribution in [3.63, 3.8) is 0 Å². The van der Waals surface area contributed by atoms with Gasteiger partial charge in [-0.3, -0.25) is 4.79 Å². The molecule has 0 radical (unpaired) electrons. The molecule has 2 heterocycles. The zero-order valence-electron chi connectivity index (χ0n) is 11.8. The average molecular weight is 266 g/mol. The Balaban J connectivity index is 1.51. The van der Waals surface area contributed by atoms with Gasteiger partial charge in [0.15, 0.2) is 0 Å². The summed E-state index contributed by atoms with van der Waals surface area (Å²) in [6.45, 7) is 4.88. The first-order valence-corrected chi connectivity index (χ1v) is 7.91. The minimum absolute atomic E-state index is 0.404. The molecule has 0 bridgehead atoms. The van der Waals surface area contributed by atoms with Crippen LogP contribution in [0.3, 0.4) is 0 Å². The number of nitrogens with zero attached hydrogens (tertiary/aromatic N) is 1. The Labute approximate surface area is 115 Å². The average Bonchev–Trinajstić information content (AvgIpc) is 3.14. The summed E-state index contributed by atoms with van der Waals surface area (Å²) in [4.78, 5) is 14.7. The summed E-state index contributed by atoms with van der Waals surface area (Å²) in [6, 6.07) is 0.563. The second-order valence-electron chi connectivity index (χ2n) is 6.40. The fraction of sp³-hybridized carbons (Fsp3) is 0.933. The summed E-state index contributed by atoms with van der Waals surface area (Å²) in [5.41, 5.74) is 0. The second-order valence-corrected chi connectivity index (χ2v) is 6.40. The number of carbonyl (C=O) groups is 1. The van der Waals surface area contributed by atoms with Crippen LogP contribution in [0.4, 0.5) is 0 Å². The molecule has 108 valence electrons. The van der Waals surface area contributed by atoms with Crippen molar-refractivity contribution in [1.82, 2.24) is 10.2 Å². The van der Waals surface area contributed by atoms with E-state index in [4.69, 9.17) is 4.74 Å². The first kappa shape index (κ1) is 13.4. The van der Waals surface area contributed by atoms with Crippen molar-refractivity contribution in [3.05, 3.63) is 0 Å². The lowest BCUT2D eigenvalue weighted by Gasteiger charge is -2.28. The van der Waals surface area contributed by atoms with E-state index in [0.29, 0.717) is 23.8 Å². The van der Waals surface area contributed by atoms with Crippen molar-refractivity contribution < 1.29 is 9.53 Å². The molecule has 0 aromatic heterocycles. The Morgan fingerprint density at radius 2 is 1.89 bits per heavy atom. The molecule has 1 amide bonds. The topological polar surface area (TPSA) is 41.6 Å². The van der Waals surface area contributed by atoms with E-state index in [0.717, 1.165) is 52.1 Å². The SMILES string of the molecule is O=C(CC1CCOCC1)N(CC1CCNC1)C1CC1. The van der Waals surface area contributed by atoms with Gasteiger partial charge in [0, 0.05) is 32.2 Å². The van der Waals surface area contributed by atoms with Crippen LogP contribution in [0.15, 0.2) is 0 Å². The van der Waals surface area contributed by atoms with Gasteiger partial charge in [0.2, 0.25) is 5.91 Å². The molecule has 3 aliphatic rings. The van der Waals surface area contributed by atoms with Gasteiger partial charge in [-0.1, -0.05) is 0 Å². The molecule has 4 nitrogen and oxygen atoms in total. The van der Waals surface area contributed by atoms with Crippen LogP contribution < -0.4 is 5.32 Å². The van der Waals surface area contributed by atoms with Gasteiger partial charge < -0.3 is 15.0 Å². The van der Waals surface area contributed by atoms with Crippen molar-refractivity contribution in [3.8, 4) is 0 Å². The Hall–Kier alpha value is -0.610. The maximum absolute atomic E-state index is 12.5. The van der Waals surface area contributed by atoms with Crippen molar-refractivity contribution in [2.45, 2.75) is 44.6 Å². The lowest BCUT2D eigenvalue weighted by atomic mass is 9.95.